The number of aryl methyl sites for hydroxylation is 1. The van der Waals surface area contributed by atoms with E-state index in [-0.39, 0.29) is 5.91 Å². The molecule has 0 aliphatic carbocycles. The van der Waals surface area contributed by atoms with Gasteiger partial charge in [0.1, 0.15) is 5.15 Å². The zero-order valence-corrected chi connectivity index (χ0v) is 12.9. The lowest BCUT2D eigenvalue weighted by Gasteiger charge is -2.37. The summed E-state index contributed by atoms with van der Waals surface area (Å²) in [6, 6.07) is 3.69. The zero-order valence-electron chi connectivity index (χ0n) is 12.2. The maximum absolute atomic E-state index is 12.2. The summed E-state index contributed by atoms with van der Waals surface area (Å²) in [7, 11) is 4.20. The second-order valence-electron chi connectivity index (χ2n) is 5.43. The van der Waals surface area contributed by atoms with Crippen LogP contribution in [-0.2, 0) is 0 Å². The van der Waals surface area contributed by atoms with Crippen molar-refractivity contribution in [3.05, 3.63) is 28.5 Å². The van der Waals surface area contributed by atoms with Gasteiger partial charge in [-0.15, -0.1) is 0 Å². The standard InChI is InChI=1S/C14H21ClN4O/c1-10-6-11(7-13(15)17-10)14(20)16-8-12-9-18(2)4-5-19(12)3/h6-7,12H,4-5,8-9H2,1-3H3,(H,16,20). The number of piperazine rings is 1. The number of likely N-dealkylation sites (N-methyl/N-ethyl adjacent to an activating group) is 2. The first kappa shape index (κ1) is 15.2. The van der Waals surface area contributed by atoms with Crippen LogP contribution in [0.15, 0.2) is 12.1 Å². The molecule has 0 saturated carbocycles. The van der Waals surface area contributed by atoms with Gasteiger partial charge in [0, 0.05) is 43.5 Å². The molecule has 1 fully saturated rings. The Labute approximate surface area is 124 Å². The summed E-state index contributed by atoms with van der Waals surface area (Å²) in [6.45, 7) is 5.52. The Morgan fingerprint density at radius 3 is 2.90 bits per heavy atom. The predicted octanol–water partition coefficient (Wildman–Crippen LogP) is 1.02. The second-order valence-corrected chi connectivity index (χ2v) is 5.81. The van der Waals surface area contributed by atoms with Crippen LogP contribution in [0.25, 0.3) is 0 Å². The van der Waals surface area contributed by atoms with Gasteiger partial charge in [-0.25, -0.2) is 4.98 Å². The van der Waals surface area contributed by atoms with Gasteiger partial charge in [0.25, 0.3) is 5.91 Å². The zero-order chi connectivity index (χ0) is 14.7. The lowest BCUT2D eigenvalue weighted by molar-refractivity contribution is 0.0881. The summed E-state index contributed by atoms with van der Waals surface area (Å²) in [4.78, 5) is 20.8. The van der Waals surface area contributed by atoms with Crippen LogP contribution in [0, 0.1) is 6.92 Å². The Morgan fingerprint density at radius 1 is 1.45 bits per heavy atom. The fraction of sp³-hybridized carbons (Fsp3) is 0.571. The van der Waals surface area contributed by atoms with E-state index in [1.165, 1.54) is 0 Å². The van der Waals surface area contributed by atoms with E-state index in [4.69, 9.17) is 11.6 Å². The van der Waals surface area contributed by atoms with Crippen molar-refractivity contribution >= 4 is 17.5 Å². The molecule has 0 bridgehead atoms. The lowest BCUT2D eigenvalue weighted by Crippen LogP contribution is -2.54. The van der Waals surface area contributed by atoms with E-state index in [1.54, 1.807) is 12.1 Å². The Bertz CT molecular complexity index is 474. The average molecular weight is 297 g/mol. The molecular weight excluding hydrogens is 276 g/mol. The van der Waals surface area contributed by atoms with Crippen molar-refractivity contribution in [3.8, 4) is 0 Å². The third-order valence-corrected chi connectivity index (χ3v) is 3.86. The molecule has 5 nitrogen and oxygen atoms in total. The van der Waals surface area contributed by atoms with Crippen molar-refractivity contribution in [2.24, 2.45) is 0 Å². The van der Waals surface area contributed by atoms with Gasteiger partial charge in [-0.1, -0.05) is 11.6 Å². The molecule has 110 valence electrons. The minimum atomic E-state index is -0.0981. The van der Waals surface area contributed by atoms with Gasteiger partial charge in [0.2, 0.25) is 0 Å². The maximum Gasteiger partial charge on any atom is 0.251 e. The number of rotatable bonds is 3. The first-order valence-corrected chi connectivity index (χ1v) is 7.14. The molecule has 1 aromatic rings. The topological polar surface area (TPSA) is 48.5 Å². The average Bonchev–Trinajstić information content (AvgIpc) is 2.38. The van der Waals surface area contributed by atoms with E-state index in [1.807, 2.05) is 6.92 Å². The highest BCUT2D eigenvalue weighted by Crippen LogP contribution is 2.11. The third kappa shape index (κ3) is 3.91. The second kappa shape index (κ2) is 6.52. The monoisotopic (exact) mass is 296 g/mol. The number of carbonyl (C=O) groups is 1. The maximum atomic E-state index is 12.2. The van der Waals surface area contributed by atoms with E-state index in [9.17, 15) is 4.79 Å². The van der Waals surface area contributed by atoms with Crippen molar-refractivity contribution in [1.29, 1.82) is 0 Å². The first-order valence-electron chi connectivity index (χ1n) is 6.77. The number of nitrogens with one attached hydrogen (secondary N) is 1. The van der Waals surface area contributed by atoms with E-state index in [0.29, 0.717) is 23.3 Å². The molecular formula is C14H21ClN4O. The molecule has 1 unspecified atom stereocenters. The Hall–Kier alpha value is -1.17. The number of pyridine rings is 1. The van der Waals surface area contributed by atoms with Gasteiger partial charge >= 0.3 is 0 Å². The molecule has 6 heteroatoms. The fourth-order valence-corrected chi connectivity index (χ4v) is 2.64. The molecule has 0 radical (unpaired) electrons. The van der Waals surface area contributed by atoms with Crippen molar-refractivity contribution in [1.82, 2.24) is 20.1 Å². The number of carbonyl (C=O) groups excluding carboxylic acids is 1. The molecule has 2 heterocycles. The van der Waals surface area contributed by atoms with Gasteiger partial charge in [0.15, 0.2) is 0 Å². The van der Waals surface area contributed by atoms with Gasteiger partial charge in [0.05, 0.1) is 0 Å². The highest BCUT2D eigenvalue weighted by Gasteiger charge is 2.22. The Balaban J connectivity index is 1.94. The van der Waals surface area contributed by atoms with E-state index in [0.717, 1.165) is 25.3 Å². The molecule has 0 spiro atoms. The normalized spacial score (nSPS) is 20.9. The van der Waals surface area contributed by atoms with Crippen LogP contribution in [0.4, 0.5) is 0 Å². The molecule has 1 N–H and O–H groups in total. The van der Waals surface area contributed by atoms with E-state index in [2.05, 4.69) is 34.2 Å². The number of hydrogen-bond donors (Lipinski definition) is 1. The SMILES string of the molecule is Cc1cc(C(=O)NCC2CN(C)CCN2C)cc(Cl)n1. The van der Waals surface area contributed by atoms with Crippen molar-refractivity contribution < 1.29 is 4.79 Å². The molecule has 0 aromatic carbocycles. The molecule has 1 saturated heterocycles. The third-order valence-electron chi connectivity index (χ3n) is 3.66. The van der Waals surface area contributed by atoms with Gasteiger partial charge in [-0.3, -0.25) is 9.69 Å². The number of nitrogens with zero attached hydrogens (tertiary/aromatic N) is 3. The molecule has 1 aromatic heterocycles. The Kier molecular flexibility index (Phi) is 4.96. The summed E-state index contributed by atoms with van der Waals surface area (Å²) in [6.07, 6.45) is 0. The highest BCUT2D eigenvalue weighted by atomic mass is 35.5. The van der Waals surface area contributed by atoms with E-state index < -0.39 is 0 Å². The fourth-order valence-electron chi connectivity index (χ4n) is 2.39. The summed E-state index contributed by atoms with van der Waals surface area (Å²) in [5.41, 5.74) is 1.31. The van der Waals surface area contributed by atoms with Crippen LogP contribution in [0.3, 0.4) is 0 Å². The quantitative estimate of drug-likeness (QED) is 0.846. The van der Waals surface area contributed by atoms with Crippen molar-refractivity contribution in [3.63, 3.8) is 0 Å². The minimum absolute atomic E-state index is 0.0981. The van der Waals surface area contributed by atoms with Crippen LogP contribution in [0.1, 0.15) is 16.1 Å². The molecule has 1 aliphatic rings. The van der Waals surface area contributed by atoms with Crippen LogP contribution in [0.5, 0.6) is 0 Å². The highest BCUT2D eigenvalue weighted by molar-refractivity contribution is 6.29. The molecule has 1 amide bonds. The summed E-state index contributed by atoms with van der Waals surface area (Å²) in [5.74, 6) is -0.0981. The van der Waals surface area contributed by atoms with Crippen molar-refractivity contribution in [2.75, 3.05) is 40.3 Å². The smallest absolute Gasteiger partial charge is 0.251 e. The molecule has 1 atom stereocenters. The van der Waals surface area contributed by atoms with Crippen LogP contribution in [0.2, 0.25) is 5.15 Å². The van der Waals surface area contributed by atoms with Crippen LogP contribution < -0.4 is 5.32 Å². The first-order chi connectivity index (χ1) is 9.45. The van der Waals surface area contributed by atoms with Crippen LogP contribution >= 0.6 is 11.6 Å². The van der Waals surface area contributed by atoms with Gasteiger partial charge < -0.3 is 10.2 Å². The summed E-state index contributed by atoms with van der Waals surface area (Å²) >= 11 is 5.88. The number of halogens is 1. The minimum Gasteiger partial charge on any atom is -0.350 e. The summed E-state index contributed by atoms with van der Waals surface area (Å²) in [5, 5.41) is 3.33. The van der Waals surface area contributed by atoms with Gasteiger partial charge in [-0.2, -0.15) is 0 Å². The number of amides is 1. The van der Waals surface area contributed by atoms with Gasteiger partial charge in [-0.05, 0) is 33.2 Å². The lowest BCUT2D eigenvalue weighted by atomic mass is 10.1. The van der Waals surface area contributed by atoms with Crippen LogP contribution in [-0.4, -0.2) is 67.0 Å². The van der Waals surface area contributed by atoms with E-state index >= 15 is 0 Å². The molecule has 1 aliphatic heterocycles. The number of aromatic nitrogens is 1. The van der Waals surface area contributed by atoms with Crippen molar-refractivity contribution in [2.45, 2.75) is 13.0 Å². The predicted molar refractivity (Wildman–Crippen MR) is 80.2 cm³/mol. The Morgan fingerprint density at radius 2 is 2.20 bits per heavy atom. The largest absolute Gasteiger partial charge is 0.350 e. The molecule has 2 rings (SSSR count). The summed E-state index contributed by atoms with van der Waals surface area (Å²) < 4.78 is 0. The number of hydrogen-bond acceptors (Lipinski definition) is 4. The molecule has 20 heavy (non-hydrogen) atoms.